The highest BCUT2D eigenvalue weighted by atomic mass is 16.7. The highest BCUT2D eigenvalue weighted by Gasteiger charge is 2.21. The second-order valence-electron chi connectivity index (χ2n) is 3.64. The number of nitrogens with one attached hydrogen (secondary N) is 1. The van der Waals surface area contributed by atoms with Crippen LogP contribution in [0.3, 0.4) is 0 Å². The van der Waals surface area contributed by atoms with Gasteiger partial charge >= 0.3 is 0 Å². The van der Waals surface area contributed by atoms with Gasteiger partial charge in [-0.2, -0.15) is 5.06 Å². The predicted octanol–water partition coefficient (Wildman–Crippen LogP) is 0.868. The summed E-state index contributed by atoms with van der Waals surface area (Å²) in [6.45, 7) is 4.46. The van der Waals surface area contributed by atoms with Crippen LogP contribution in [0, 0.1) is 5.92 Å². The molecular formula is C9H20N2O. The lowest BCUT2D eigenvalue weighted by Crippen LogP contribution is -2.43. The summed E-state index contributed by atoms with van der Waals surface area (Å²) >= 11 is 0. The highest BCUT2D eigenvalue weighted by molar-refractivity contribution is 4.78. The van der Waals surface area contributed by atoms with Gasteiger partial charge in [0.2, 0.25) is 0 Å². The molecule has 1 N–H and O–H groups in total. The third-order valence-corrected chi connectivity index (χ3v) is 2.73. The van der Waals surface area contributed by atoms with Crippen LogP contribution in [0.2, 0.25) is 0 Å². The topological polar surface area (TPSA) is 24.5 Å². The molecule has 3 nitrogen and oxygen atoms in total. The number of hydroxylamine groups is 2. The largest absolute Gasteiger partial charge is 0.314 e. The van der Waals surface area contributed by atoms with E-state index in [-0.39, 0.29) is 0 Å². The summed E-state index contributed by atoms with van der Waals surface area (Å²) in [5, 5.41) is 5.39. The Morgan fingerprint density at radius 2 is 2.33 bits per heavy atom. The van der Waals surface area contributed by atoms with Crippen LogP contribution in [0.25, 0.3) is 0 Å². The van der Waals surface area contributed by atoms with Crippen molar-refractivity contribution < 1.29 is 4.84 Å². The maximum atomic E-state index is 5.11. The van der Waals surface area contributed by atoms with E-state index in [2.05, 4.69) is 12.2 Å². The summed E-state index contributed by atoms with van der Waals surface area (Å²) in [7, 11) is 3.71. The van der Waals surface area contributed by atoms with E-state index in [9.17, 15) is 0 Å². The Morgan fingerprint density at radius 1 is 1.58 bits per heavy atom. The minimum Gasteiger partial charge on any atom is -0.314 e. The molecule has 1 aliphatic rings. The molecule has 0 radical (unpaired) electrons. The van der Waals surface area contributed by atoms with E-state index < -0.39 is 0 Å². The van der Waals surface area contributed by atoms with Crippen molar-refractivity contribution in [3.05, 3.63) is 0 Å². The minimum absolute atomic E-state index is 0.636. The fourth-order valence-corrected chi connectivity index (χ4v) is 1.76. The number of hydrogen-bond acceptors (Lipinski definition) is 3. The van der Waals surface area contributed by atoms with Gasteiger partial charge in [0.25, 0.3) is 0 Å². The van der Waals surface area contributed by atoms with E-state index in [1.807, 2.05) is 12.1 Å². The van der Waals surface area contributed by atoms with E-state index in [0.717, 1.165) is 12.5 Å². The number of rotatable bonds is 3. The summed E-state index contributed by atoms with van der Waals surface area (Å²) < 4.78 is 0. The van der Waals surface area contributed by atoms with Crippen LogP contribution in [0.1, 0.15) is 19.8 Å². The molecule has 0 aromatic rings. The number of nitrogens with zero attached hydrogens (tertiary/aromatic N) is 1. The zero-order valence-corrected chi connectivity index (χ0v) is 8.34. The van der Waals surface area contributed by atoms with E-state index >= 15 is 0 Å². The van der Waals surface area contributed by atoms with Gasteiger partial charge in [0.15, 0.2) is 0 Å². The van der Waals surface area contributed by atoms with E-state index in [4.69, 9.17) is 4.84 Å². The molecule has 1 heterocycles. The Balaban J connectivity index is 2.28. The SMILES string of the molecule is CON(C)CC1CCCNC1C. The van der Waals surface area contributed by atoms with Crippen molar-refractivity contribution in [1.82, 2.24) is 10.4 Å². The number of piperidine rings is 1. The van der Waals surface area contributed by atoms with Gasteiger partial charge < -0.3 is 10.2 Å². The van der Waals surface area contributed by atoms with Crippen LogP contribution >= 0.6 is 0 Å². The van der Waals surface area contributed by atoms with Gasteiger partial charge in [0, 0.05) is 19.6 Å². The van der Waals surface area contributed by atoms with E-state index in [0.29, 0.717) is 6.04 Å². The summed E-state index contributed by atoms with van der Waals surface area (Å²) in [4.78, 5) is 5.11. The normalized spacial score (nSPS) is 31.0. The Morgan fingerprint density at radius 3 is 2.92 bits per heavy atom. The fraction of sp³-hybridized carbons (Fsp3) is 1.00. The molecule has 0 amide bonds. The maximum absolute atomic E-state index is 5.11. The molecule has 1 saturated heterocycles. The average molecular weight is 172 g/mol. The van der Waals surface area contributed by atoms with Crippen LogP contribution in [-0.2, 0) is 4.84 Å². The zero-order chi connectivity index (χ0) is 8.97. The predicted molar refractivity (Wildman–Crippen MR) is 49.8 cm³/mol. The lowest BCUT2D eigenvalue weighted by Gasteiger charge is -2.32. The van der Waals surface area contributed by atoms with E-state index in [1.54, 1.807) is 7.11 Å². The van der Waals surface area contributed by atoms with Gasteiger partial charge in [-0.25, -0.2) is 0 Å². The monoisotopic (exact) mass is 172 g/mol. The van der Waals surface area contributed by atoms with Crippen molar-refractivity contribution in [1.29, 1.82) is 0 Å². The molecule has 0 saturated carbocycles. The molecule has 3 heteroatoms. The second kappa shape index (κ2) is 4.80. The first-order chi connectivity index (χ1) is 5.74. The maximum Gasteiger partial charge on any atom is 0.0575 e. The second-order valence-corrected chi connectivity index (χ2v) is 3.64. The lowest BCUT2D eigenvalue weighted by molar-refractivity contribution is -0.121. The summed E-state index contributed by atoms with van der Waals surface area (Å²) in [6, 6.07) is 0.636. The standard InChI is InChI=1S/C9H20N2O/c1-8-9(5-4-6-10-8)7-11(2)12-3/h8-10H,4-7H2,1-3H3. The van der Waals surface area contributed by atoms with Gasteiger partial charge in [-0.3, -0.25) is 0 Å². The van der Waals surface area contributed by atoms with Gasteiger partial charge in [-0.05, 0) is 32.2 Å². The Hall–Kier alpha value is -0.120. The van der Waals surface area contributed by atoms with Crippen molar-refractivity contribution >= 4 is 0 Å². The van der Waals surface area contributed by atoms with Crippen LogP contribution in [0.5, 0.6) is 0 Å². The van der Waals surface area contributed by atoms with Gasteiger partial charge in [0.1, 0.15) is 0 Å². The number of hydrogen-bond donors (Lipinski definition) is 1. The minimum atomic E-state index is 0.636. The molecule has 72 valence electrons. The van der Waals surface area contributed by atoms with Crippen molar-refractivity contribution in [2.75, 3.05) is 27.2 Å². The van der Waals surface area contributed by atoms with Crippen molar-refractivity contribution in [3.8, 4) is 0 Å². The van der Waals surface area contributed by atoms with E-state index in [1.165, 1.54) is 19.4 Å². The van der Waals surface area contributed by atoms with Crippen molar-refractivity contribution in [2.24, 2.45) is 5.92 Å². The molecule has 2 unspecified atom stereocenters. The highest BCUT2D eigenvalue weighted by Crippen LogP contribution is 2.16. The zero-order valence-electron chi connectivity index (χ0n) is 8.34. The molecule has 0 spiro atoms. The Bertz CT molecular complexity index is 130. The van der Waals surface area contributed by atoms with Crippen LogP contribution in [0.4, 0.5) is 0 Å². The molecule has 0 aliphatic carbocycles. The van der Waals surface area contributed by atoms with Gasteiger partial charge in [0.05, 0.1) is 7.11 Å². The lowest BCUT2D eigenvalue weighted by atomic mass is 9.92. The molecule has 12 heavy (non-hydrogen) atoms. The van der Waals surface area contributed by atoms with Gasteiger partial charge in [-0.1, -0.05) is 0 Å². The molecule has 1 fully saturated rings. The first-order valence-electron chi connectivity index (χ1n) is 4.72. The third kappa shape index (κ3) is 2.73. The van der Waals surface area contributed by atoms with Crippen LogP contribution in [0.15, 0.2) is 0 Å². The van der Waals surface area contributed by atoms with Gasteiger partial charge in [-0.15, -0.1) is 0 Å². The molecule has 1 rings (SSSR count). The molecular weight excluding hydrogens is 152 g/mol. The molecule has 2 atom stereocenters. The molecule has 1 aliphatic heterocycles. The Kier molecular flexibility index (Phi) is 3.98. The Labute approximate surface area is 75.0 Å². The fourth-order valence-electron chi connectivity index (χ4n) is 1.76. The average Bonchev–Trinajstić information content (AvgIpc) is 2.09. The first kappa shape index (κ1) is 9.96. The van der Waals surface area contributed by atoms with Crippen LogP contribution < -0.4 is 5.32 Å². The first-order valence-corrected chi connectivity index (χ1v) is 4.72. The smallest absolute Gasteiger partial charge is 0.0575 e. The molecule has 0 bridgehead atoms. The third-order valence-electron chi connectivity index (χ3n) is 2.73. The van der Waals surface area contributed by atoms with Crippen molar-refractivity contribution in [3.63, 3.8) is 0 Å². The van der Waals surface area contributed by atoms with Crippen molar-refractivity contribution in [2.45, 2.75) is 25.8 Å². The summed E-state index contributed by atoms with van der Waals surface area (Å²) in [6.07, 6.45) is 2.62. The molecule has 0 aromatic heterocycles. The molecule has 0 aromatic carbocycles. The summed E-state index contributed by atoms with van der Waals surface area (Å²) in [5.74, 6) is 0.740. The summed E-state index contributed by atoms with van der Waals surface area (Å²) in [5.41, 5.74) is 0. The quantitative estimate of drug-likeness (QED) is 0.639. The van der Waals surface area contributed by atoms with Crippen LogP contribution in [-0.4, -0.2) is 38.4 Å².